The van der Waals surface area contributed by atoms with Crippen molar-refractivity contribution < 1.29 is 14.6 Å². The molecule has 0 unspecified atom stereocenters. The van der Waals surface area contributed by atoms with E-state index in [1.165, 1.54) is 6.92 Å². The minimum atomic E-state index is -0.0988. The maximum atomic E-state index is 11.5. The van der Waals surface area contributed by atoms with Gasteiger partial charge in [-0.15, -0.1) is 0 Å². The van der Waals surface area contributed by atoms with E-state index in [0.717, 1.165) is 0 Å². The molecule has 0 bridgehead atoms. The molecule has 0 saturated carbocycles. The molecule has 92 valence electrons. The fourth-order valence-corrected chi connectivity index (χ4v) is 1.70. The Bertz CT molecular complexity index is 561. The monoisotopic (exact) mass is 242 g/mol. The van der Waals surface area contributed by atoms with Gasteiger partial charge < -0.3 is 9.84 Å². The predicted molar refractivity (Wildman–Crippen MR) is 68.9 cm³/mol. The van der Waals surface area contributed by atoms with Gasteiger partial charge in [-0.1, -0.05) is 30.3 Å². The summed E-state index contributed by atoms with van der Waals surface area (Å²) >= 11 is 0. The molecule has 3 heteroatoms. The van der Waals surface area contributed by atoms with Crippen molar-refractivity contribution in [2.75, 3.05) is 0 Å². The zero-order valence-corrected chi connectivity index (χ0v) is 10.1. The SMILES string of the molecule is CC(=O)c1ccccc1Oc1ccccc1CO. The molecule has 3 nitrogen and oxygen atoms in total. The van der Waals surface area contributed by atoms with Gasteiger partial charge in [-0.3, -0.25) is 4.79 Å². The van der Waals surface area contributed by atoms with E-state index in [1.54, 1.807) is 30.3 Å². The Kier molecular flexibility index (Phi) is 3.75. The molecule has 0 amide bonds. The number of ether oxygens (including phenoxy) is 1. The van der Waals surface area contributed by atoms with Crippen LogP contribution in [0, 0.1) is 0 Å². The lowest BCUT2D eigenvalue weighted by Crippen LogP contribution is -1.98. The minimum absolute atomic E-state index is 0.0490. The smallest absolute Gasteiger partial charge is 0.163 e. The third-order valence-corrected chi connectivity index (χ3v) is 2.63. The number of hydrogen-bond acceptors (Lipinski definition) is 3. The zero-order chi connectivity index (χ0) is 13.0. The molecule has 0 aliphatic carbocycles. The quantitative estimate of drug-likeness (QED) is 0.837. The van der Waals surface area contributed by atoms with Gasteiger partial charge in [-0.2, -0.15) is 0 Å². The van der Waals surface area contributed by atoms with E-state index in [0.29, 0.717) is 22.6 Å². The Morgan fingerprint density at radius 1 is 1.06 bits per heavy atom. The first kappa shape index (κ1) is 12.3. The number of aliphatic hydroxyl groups excluding tert-OH is 1. The third-order valence-electron chi connectivity index (χ3n) is 2.63. The first-order chi connectivity index (χ1) is 8.72. The van der Waals surface area contributed by atoms with Crippen molar-refractivity contribution in [2.45, 2.75) is 13.5 Å². The molecule has 18 heavy (non-hydrogen) atoms. The highest BCUT2D eigenvalue weighted by atomic mass is 16.5. The standard InChI is InChI=1S/C15H14O3/c1-11(17)13-7-3-5-9-15(13)18-14-8-4-2-6-12(14)10-16/h2-9,16H,10H2,1H3. The van der Waals surface area contributed by atoms with Crippen LogP contribution in [0.25, 0.3) is 0 Å². The summed E-state index contributed by atoms with van der Waals surface area (Å²) < 4.78 is 5.71. The zero-order valence-electron chi connectivity index (χ0n) is 10.1. The number of rotatable bonds is 4. The summed E-state index contributed by atoms with van der Waals surface area (Å²) in [5.74, 6) is 1.02. The third kappa shape index (κ3) is 2.57. The molecule has 0 fully saturated rings. The van der Waals surface area contributed by atoms with E-state index >= 15 is 0 Å². The summed E-state index contributed by atoms with van der Waals surface area (Å²) in [5, 5.41) is 9.23. The first-order valence-electron chi connectivity index (χ1n) is 5.69. The molecule has 0 radical (unpaired) electrons. The average molecular weight is 242 g/mol. The molecule has 0 aliphatic heterocycles. The maximum absolute atomic E-state index is 11.5. The van der Waals surface area contributed by atoms with E-state index in [-0.39, 0.29) is 12.4 Å². The minimum Gasteiger partial charge on any atom is -0.456 e. The molecule has 0 heterocycles. The molecule has 1 N–H and O–H groups in total. The van der Waals surface area contributed by atoms with Gasteiger partial charge in [0.05, 0.1) is 12.2 Å². The van der Waals surface area contributed by atoms with Crippen LogP contribution in [0.5, 0.6) is 11.5 Å². The molecule has 2 rings (SSSR count). The first-order valence-corrected chi connectivity index (χ1v) is 5.69. The number of carbonyl (C=O) groups is 1. The number of hydrogen-bond donors (Lipinski definition) is 1. The van der Waals surface area contributed by atoms with Crippen LogP contribution in [0.4, 0.5) is 0 Å². The average Bonchev–Trinajstić information content (AvgIpc) is 2.40. The van der Waals surface area contributed by atoms with Gasteiger partial charge in [0, 0.05) is 5.56 Å². The van der Waals surface area contributed by atoms with Gasteiger partial charge in [-0.05, 0) is 25.1 Å². The van der Waals surface area contributed by atoms with Crippen molar-refractivity contribution in [1.29, 1.82) is 0 Å². The molecule has 0 saturated heterocycles. The maximum Gasteiger partial charge on any atom is 0.163 e. The molecule has 0 aromatic heterocycles. The number of aliphatic hydroxyl groups is 1. The van der Waals surface area contributed by atoms with E-state index < -0.39 is 0 Å². The van der Waals surface area contributed by atoms with Crippen molar-refractivity contribution >= 4 is 5.78 Å². The highest BCUT2D eigenvalue weighted by Gasteiger charge is 2.10. The number of para-hydroxylation sites is 2. The second kappa shape index (κ2) is 5.47. The topological polar surface area (TPSA) is 46.5 Å². The fourth-order valence-electron chi connectivity index (χ4n) is 1.70. The molecule has 0 spiro atoms. The molecule has 2 aromatic carbocycles. The summed E-state index contributed by atoms with van der Waals surface area (Å²) in [5.41, 5.74) is 1.22. The van der Waals surface area contributed by atoms with Gasteiger partial charge in [0.15, 0.2) is 5.78 Å². The molecule has 2 aromatic rings. The summed E-state index contributed by atoms with van der Waals surface area (Å²) in [6, 6.07) is 14.3. The Morgan fingerprint density at radius 2 is 1.67 bits per heavy atom. The van der Waals surface area contributed by atoms with Crippen LogP contribution in [0.2, 0.25) is 0 Å². The van der Waals surface area contributed by atoms with Crippen molar-refractivity contribution in [1.82, 2.24) is 0 Å². The number of benzene rings is 2. The summed E-state index contributed by atoms with van der Waals surface area (Å²) in [7, 11) is 0. The summed E-state index contributed by atoms with van der Waals surface area (Å²) in [4.78, 5) is 11.5. The number of ketones is 1. The molecular formula is C15H14O3. The lowest BCUT2D eigenvalue weighted by molar-refractivity contribution is 0.101. The Hall–Kier alpha value is -2.13. The van der Waals surface area contributed by atoms with E-state index in [4.69, 9.17) is 4.74 Å². The van der Waals surface area contributed by atoms with Gasteiger partial charge in [0.2, 0.25) is 0 Å². The fraction of sp³-hybridized carbons (Fsp3) is 0.133. The second-order valence-electron chi connectivity index (χ2n) is 3.92. The largest absolute Gasteiger partial charge is 0.456 e. The van der Waals surface area contributed by atoms with Crippen LogP contribution in [0.1, 0.15) is 22.8 Å². The Labute approximate surface area is 106 Å². The normalized spacial score (nSPS) is 10.1. The molecular weight excluding hydrogens is 228 g/mol. The van der Waals surface area contributed by atoms with Crippen LogP contribution in [-0.4, -0.2) is 10.9 Å². The Morgan fingerprint density at radius 3 is 2.33 bits per heavy atom. The van der Waals surface area contributed by atoms with E-state index in [2.05, 4.69) is 0 Å². The predicted octanol–water partition coefficient (Wildman–Crippen LogP) is 3.17. The Balaban J connectivity index is 2.37. The number of carbonyl (C=O) groups excluding carboxylic acids is 1. The van der Waals surface area contributed by atoms with E-state index in [9.17, 15) is 9.90 Å². The molecule has 0 aliphatic rings. The van der Waals surface area contributed by atoms with Crippen LogP contribution >= 0.6 is 0 Å². The van der Waals surface area contributed by atoms with Crippen LogP contribution < -0.4 is 4.74 Å². The summed E-state index contributed by atoms with van der Waals surface area (Å²) in [6.07, 6.45) is 0. The lowest BCUT2D eigenvalue weighted by atomic mass is 10.1. The van der Waals surface area contributed by atoms with Gasteiger partial charge in [-0.25, -0.2) is 0 Å². The highest BCUT2D eigenvalue weighted by molar-refractivity contribution is 5.96. The van der Waals surface area contributed by atoms with Crippen LogP contribution in [-0.2, 0) is 6.61 Å². The van der Waals surface area contributed by atoms with Crippen molar-refractivity contribution in [2.24, 2.45) is 0 Å². The highest BCUT2D eigenvalue weighted by Crippen LogP contribution is 2.28. The van der Waals surface area contributed by atoms with Crippen molar-refractivity contribution in [3.05, 3.63) is 59.7 Å². The van der Waals surface area contributed by atoms with Gasteiger partial charge in [0.25, 0.3) is 0 Å². The van der Waals surface area contributed by atoms with Crippen molar-refractivity contribution in [3.63, 3.8) is 0 Å². The molecule has 0 atom stereocenters. The second-order valence-corrected chi connectivity index (χ2v) is 3.92. The van der Waals surface area contributed by atoms with Gasteiger partial charge in [0.1, 0.15) is 11.5 Å². The van der Waals surface area contributed by atoms with Crippen LogP contribution in [0.15, 0.2) is 48.5 Å². The number of Topliss-reactive ketones (excluding diaryl/α,β-unsaturated/α-hetero) is 1. The van der Waals surface area contributed by atoms with E-state index in [1.807, 2.05) is 18.2 Å². The van der Waals surface area contributed by atoms with Crippen LogP contribution in [0.3, 0.4) is 0 Å². The van der Waals surface area contributed by atoms with Gasteiger partial charge >= 0.3 is 0 Å². The summed E-state index contributed by atoms with van der Waals surface area (Å²) in [6.45, 7) is 1.40. The lowest BCUT2D eigenvalue weighted by Gasteiger charge is -2.11. The van der Waals surface area contributed by atoms with Crippen molar-refractivity contribution in [3.8, 4) is 11.5 Å².